The van der Waals surface area contributed by atoms with Crippen LogP contribution < -0.4 is 15.1 Å². The number of phosphoric acid groups is 1. The number of hydrogen-bond acceptors (Lipinski definition) is 10. The van der Waals surface area contributed by atoms with Crippen LogP contribution in [-0.2, 0) is 18.6 Å². The van der Waals surface area contributed by atoms with E-state index in [1.165, 1.54) is 0 Å². The maximum Gasteiger partial charge on any atom is 0.331 e. The van der Waals surface area contributed by atoms with Crippen molar-refractivity contribution in [2.75, 3.05) is 6.61 Å². The van der Waals surface area contributed by atoms with Crippen LogP contribution in [0.5, 0.6) is 0 Å². The molecule has 0 bridgehead atoms. The predicted molar refractivity (Wildman–Crippen MR) is 62.0 cm³/mol. The van der Waals surface area contributed by atoms with Gasteiger partial charge in [-0.2, -0.15) is 0 Å². The summed E-state index contributed by atoms with van der Waals surface area (Å²) in [4.78, 5) is 44.2. The van der Waals surface area contributed by atoms with Crippen LogP contribution in [0, 0.1) is 5.41 Å². The van der Waals surface area contributed by atoms with Gasteiger partial charge in [0.15, 0.2) is 6.23 Å². The Bertz CT molecular complexity index is 528. The number of hydrogen-bond donors (Lipinski definition) is 4. The molecule has 4 N–H and O–H groups in total. The van der Waals surface area contributed by atoms with Gasteiger partial charge in [0.2, 0.25) is 5.91 Å². The molecule has 2 fully saturated rings. The van der Waals surface area contributed by atoms with Gasteiger partial charge in [0.25, 0.3) is 0 Å². The molecule has 124 valence electrons. The first-order valence-electron chi connectivity index (χ1n) is 5.99. The van der Waals surface area contributed by atoms with Gasteiger partial charge < -0.3 is 33.8 Å². The third kappa shape index (κ3) is 3.50. The molecule has 0 aromatic heterocycles. The molecule has 2 heterocycles. The molecular formula is C9H12N3O9P-2. The van der Waals surface area contributed by atoms with Crippen LogP contribution in [0.1, 0.15) is 6.42 Å². The van der Waals surface area contributed by atoms with Gasteiger partial charge >= 0.3 is 6.03 Å². The van der Waals surface area contributed by atoms with E-state index in [0.29, 0.717) is 4.90 Å². The summed E-state index contributed by atoms with van der Waals surface area (Å²) in [6.07, 6.45) is -6.72. The molecule has 2 rings (SSSR count). The van der Waals surface area contributed by atoms with Crippen LogP contribution in [0.25, 0.3) is 0 Å². The molecule has 4 atom stereocenters. The average molecular weight is 337 g/mol. The van der Waals surface area contributed by atoms with Crippen molar-refractivity contribution >= 4 is 25.6 Å². The van der Waals surface area contributed by atoms with E-state index in [4.69, 9.17) is 10.1 Å². The van der Waals surface area contributed by atoms with Gasteiger partial charge in [-0.3, -0.25) is 20.4 Å². The first kappa shape index (κ1) is 17.0. The lowest BCUT2D eigenvalue weighted by Gasteiger charge is -2.33. The highest BCUT2D eigenvalue weighted by atomic mass is 31.2. The zero-order valence-corrected chi connectivity index (χ0v) is 11.8. The molecular weight excluding hydrogens is 325 g/mol. The van der Waals surface area contributed by atoms with Crippen molar-refractivity contribution in [2.45, 2.75) is 31.0 Å². The van der Waals surface area contributed by atoms with Gasteiger partial charge in [-0.15, -0.1) is 0 Å². The number of amidine groups is 1. The highest BCUT2D eigenvalue weighted by Crippen LogP contribution is 2.30. The Morgan fingerprint density at radius 2 is 2.05 bits per heavy atom. The number of carbonyl (C=O) groups is 2. The number of ether oxygens (including phenoxy) is 1. The number of carbonyl (C=O) groups excluding carboxylic acids is 2. The monoisotopic (exact) mass is 337 g/mol. The molecule has 0 spiro atoms. The van der Waals surface area contributed by atoms with E-state index in [2.05, 4.69) is 4.52 Å². The van der Waals surface area contributed by atoms with Crippen LogP contribution in [0.15, 0.2) is 0 Å². The van der Waals surface area contributed by atoms with Gasteiger partial charge in [0.1, 0.15) is 24.1 Å². The van der Waals surface area contributed by atoms with Crippen LogP contribution in [-0.4, -0.2) is 64.0 Å². The van der Waals surface area contributed by atoms with Crippen molar-refractivity contribution in [1.29, 1.82) is 5.41 Å². The third-order valence-corrected chi connectivity index (χ3v) is 3.54. The Balaban J connectivity index is 2.09. The molecule has 2 saturated heterocycles. The van der Waals surface area contributed by atoms with E-state index in [-0.39, 0.29) is 0 Å². The summed E-state index contributed by atoms with van der Waals surface area (Å²) in [6.45, 7) is -0.860. The smallest absolute Gasteiger partial charge is 0.331 e. The highest BCUT2D eigenvalue weighted by molar-refractivity contribution is 7.43. The van der Waals surface area contributed by atoms with Crippen LogP contribution in [0.2, 0.25) is 0 Å². The Labute approximate surface area is 123 Å². The molecule has 0 aromatic carbocycles. The molecule has 2 aliphatic rings. The molecule has 0 radical (unpaired) electrons. The number of aliphatic hydroxyl groups excluding tert-OH is 2. The first-order valence-corrected chi connectivity index (χ1v) is 7.45. The van der Waals surface area contributed by atoms with E-state index in [0.717, 1.165) is 0 Å². The maximum atomic E-state index is 11.7. The second-order valence-electron chi connectivity index (χ2n) is 4.64. The van der Waals surface area contributed by atoms with Crippen molar-refractivity contribution < 1.29 is 43.4 Å². The van der Waals surface area contributed by atoms with Crippen molar-refractivity contribution in [3.63, 3.8) is 0 Å². The van der Waals surface area contributed by atoms with Gasteiger partial charge in [0, 0.05) is 0 Å². The molecule has 0 aliphatic carbocycles. The Morgan fingerprint density at radius 1 is 1.41 bits per heavy atom. The Morgan fingerprint density at radius 3 is 2.59 bits per heavy atom. The van der Waals surface area contributed by atoms with E-state index in [1.807, 2.05) is 5.32 Å². The zero-order chi connectivity index (χ0) is 16.7. The standard InChI is InChI=1S/C9H14N3O9P/c10-4-1-5(13)11-9(16)12(4)8-7(15)6(14)3(21-8)2-20-22(17,18)19/h3,6-8,10,14-15H,1-2H2,(H,11,13,16)(H2,17,18,19)/p-2/t3-,6-,7-,8-/m1/s1. The molecule has 12 nitrogen and oxygen atoms in total. The number of rotatable bonds is 4. The summed E-state index contributed by atoms with van der Waals surface area (Å²) in [5.74, 6) is -1.18. The average Bonchev–Trinajstić information content (AvgIpc) is 2.63. The summed E-state index contributed by atoms with van der Waals surface area (Å²) in [5, 5.41) is 29.1. The quantitative estimate of drug-likeness (QED) is 0.372. The van der Waals surface area contributed by atoms with Gasteiger partial charge in [-0.05, 0) is 0 Å². The number of nitrogens with zero attached hydrogens (tertiary/aromatic N) is 1. The fourth-order valence-corrected chi connectivity index (χ4v) is 2.43. The van der Waals surface area contributed by atoms with Gasteiger partial charge in [0.05, 0.1) is 20.9 Å². The molecule has 0 saturated carbocycles. The minimum atomic E-state index is -5.30. The number of imide groups is 1. The number of aliphatic hydroxyl groups is 2. The normalized spacial score (nSPS) is 33.3. The van der Waals surface area contributed by atoms with Crippen LogP contribution in [0.4, 0.5) is 4.79 Å². The number of nitrogens with one attached hydrogen (secondary N) is 2. The summed E-state index contributed by atoms with van der Waals surface area (Å²) in [7, 11) is -5.30. The lowest BCUT2D eigenvalue weighted by molar-refractivity contribution is -0.343. The topological polar surface area (TPSA) is 195 Å². The largest absolute Gasteiger partial charge is 0.790 e. The number of phosphoric ester groups is 1. The molecule has 13 heteroatoms. The van der Waals surface area contributed by atoms with E-state index < -0.39 is 63.2 Å². The molecule has 22 heavy (non-hydrogen) atoms. The molecule has 0 aromatic rings. The fourth-order valence-electron chi connectivity index (χ4n) is 2.10. The van der Waals surface area contributed by atoms with Gasteiger partial charge in [-0.1, -0.05) is 0 Å². The minimum Gasteiger partial charge on any atom is -0.790 e. The van der Waals surface area contributed by atoms with Crippen molar-refractivity contribution in [1.82, 2.24) is 10.2 Å². The molecule has 2 aliphatic heterocycles. The Hall–Kier alpha value is -1.40. The van der Waals surface area contributed by atoms with E-state index in [1.54, 1.807) is 0 Å². The second-order valence-corrected chi connectivity index (χ2v) is 5.79. The van der Waals surface area contributed by atoms with Crippen LogP contribution in [0.3, 0.4) is 0 Å². The summed E-state index contributed by atoms with van der Waals surface area (Å²) >= 11 is 0. The van der Waals surface area contributed by atoms with Crippen molar-refractivity contribution in [3.05, 3.63) is 0 Å². The predicted octanol–water partition coefficient (Wildman–Crippen LogP) is -3.80. The first-order chi connectivity index (χ1) is 10.1. The molecule has 0 unspecified atom stereocenters. The SMILES string of the molecule is N=C1CC(=O)NC(=O)N1[C@@H]1O[C@H](COP(=O)([O-])[O-])[C@@H](O)[C@H]1O. The lowest BCUT2D eigenvalue weighted by Crippen LogP contribution is -2.59. The van der Waals surface area contributed by atoms with Gasteiger partial charge in [-0.25, -0.2) is 4.79 Å². The highest BCUT2D eigenvalue weighted by Gasteiger charge is 2.49. The summed E-state index contributed by atoms with van der Waals surface area (Å²) in [5.41, 5.74) is 0. The van der Waals surface area contributed by atoms with E-state index in [9.17, 15) is 34.2 Å². The number of urea groups is 1. The van der Waals surface area contributed by atoms with Crippen molar-refractivity contribution in [2.24, 2.45) is 0 Å². The third-order valence-electron chi connectivity index (χ3n) is 3.07. The van der Waals surface area contributed by atoms with E-state index >= 15 is 0 Å². The summed E-state index contributed by atoms with van der Waals surface area (Å²) in [6, 6.07) is -1.03. The zero-order valence-electron chi connectivity index (χ0n) is 10.9. The molecule has 3 amide bonds. The lowest BCUT2D eigenvalue weighted by atomic mass is 10.1. The maximum absolute atomic E-state index is 11.7. The fraction of sp³-hybridized carbons (Fsp3) is 0.667. The minimum absolute atomic E-state index is 0.439. The number of amides is 3. The Kier molecular flexibility index (Phi) is 4.63. The second kappa shape index (κ2) is 6.01. The van der Waals surface area contributed by atoms with Crippen molar-refractivity contribution in [3.8, 4) is 0 Å². The summed E-state index contributed by atoms with van der Waals surface area (Å²) < 4.78 is 19.4. The van der Waals surface area contributed by atoms with Crippen LogP contribution >= 0.6 is 7.82 Å².